The Bertz CT molecular complexity index is 703. The highest BCUT2D eigenvalue weighted by atomic mass is 32.2. The SMILES string of the molecule is CSCCCN1CCc2nnc(CNC(=O)Cc3ccccc3)n2CC1. The van der Waals surface area contributed by atoms with Gasteiger partial charge in [-0.2, -0.15) is 11.8 Å². The zero-order chi connectivity index (χ0) is 18.2. The van der Waals surface area contributed by atoms with Gasteiger partial charge < -0.3 is 14.8 Å². The van der Waals surface area contributed by atoms with E-state index in [2.05, 4.69) is 31.2 Å². The summed E-state index contributed by atoms with van der Waals surface area (Å²) >= 11 is 1.90. The van der Waals surface area contributed by atoms with E-state index in [1.54, 1.807) is 0 Å². The smallest absolute Gasteiger partial charge is 0.224 e. The molecular formula is C19H27N5OS. The monoisotopic (exact) mass is 373 g/mol. The number of thioether (sulfide) groups is 1. The largest absolute Gasteiger partial charge is 0.349 e. The Morgan fingerprint density at radius 2 is 2.04 bits per heavy atom. The first kappa shape index (κ1) is 18.9. The average molecular weight is 374 g/mol. The summed E-state index contributed by atoms with van der Waals surface area (Å²) < 4.78 is 2.18. The van der Waals surface area contributed by atoms with Gasteiger partial charge in [0.2, 0.25) is 5.91 Å². The van der Waals surface area contributed by atoms with E-state index in [9.17, 15) is 4.79 Å². The van der Waals surface area contributed by atoms with Gasteiger partial charge in [-0.1, -0.05) is 30.3 Å². The molecule has 1 aliphatic heterocycles. The van der Waals surface area contributed by atoms with Gasteiger partial charge >= 0.3 is 0 Å². The zero-order valence-electron chi connectivity index (χ0n) is 15.4. The molecule has 2 aromatic rings. The molecule has 1 aromatic heterocycles. The number of carbonyl (C=O) groups is 1. The summed E-state index contributed by atoms with van der Waals surface area (Å²) in [6, 6.07) is 9.79. The molecule has 1 N–H and O–H groups in total. The van der Waals surface area contributed by atoms with Crippen molar-refractivity contribution in [3.05, 3.63) is 47.5 Å². The highest BCUT2D eigenvalue weighted by Crippen LogP contribution is 2.10. The second-order valence-electron chi connectivity index (χ2n) is 6.56. The summed E-state index contributed by atoms with van der Waals surface area (Å²) in [6.45, 7) is 4.52. The highest BCUT2D eigenvalue weighted by molar-refractivity contribution is 7.98. The van der Waals surface area contributed by atoms with Crippen molar-refractivity contribution >= 4 is 17.7 Å². The summed E-state index contributed by atoms with van der Waals surface area (Å²) in [4.78, 5) is 14.7. The minimum Gasteiger partial charge on any atom is -0.349 e. The molecule has 6 nitrogen and oxygen atoms in total. The maximum Gasteiger partial charge on any atom is 0.224 e. The summed E-state index contributed by atoms with van der Waals surface area (Å²) in [7, 11) is 0. The fourth-order valence-corrected chi connectivity index (χ4v) is 3.65. The molecule has 3 rings (SSSR count). The third-order valence-electron chi connectivity index (χ3n) is 4.67. The van der Waals surface area contributed by atoms with Crippen LogP contribution in [-0.4, -0.2) is 57.2 Å². The maximum absolute atomic E-state index is 12.2. The minimum absolute atomic E-state index is 0.0147. The van der Waals surface area contributed by atoms with Crippen LogP contribution >= 0.6 is 11.8 Å². The van der Waals surface area contributed by atoms with Crippen LogP contribution < -0.4 is 5.32 Å². The molecule has 0 fully saturated rings. The second-order valence-corrected chi connectivity index (χ2v) is 7.55. The van der Waals surface area contributed by atoms with Crippen LogP contribution in [0.1, 0.15) is 23.6 Å². The van der Waals surface area contributed by atoms with Gasteiger partial charge in [0.15, 0.2) is 5.82 Å². The van der Waals surface area contributed by atoms with Gasteiger partial charge in [0.25, 0.3) is 0 Å². The molecule has 1 aromatic carbocycles. The molecule has 26 heavy (non-hydrogen) atoms. The van der Waals surface area contributed by atoms with Gasteiger partial charge in [0, 0.05) is 26.1 Å². The second kappa shape index (κ2) is 9.73. The number of benzene rings is 1. The van der Waals surface area contributed by atoms with Gasteiger partial charge in [0.1, 0.15) is 5.82 Å². The van der Waals surface area contributed by atoms with Crippen molar-refractivity contribution in [2.45, 2.75) is 32.4 Å². The predicted molar refractivity (Wildman–Crippen MR) is 105 cm³/mol. The number of hydrogen-bond donors (Lipinski definition) is 1. The molecule has 1 amide bonds. The molecule has 0 aliphatic carbocycles. The van der Waals surface area contributed by atoms with E-state index in [1.807, 2.05) is 42.1 Å². The molecule has 0 unspecified atom stereocenters. The number of fused-ring (bicyclic) bond motifs is 1. The Hall–Kier alpha value is -1.86. The van der Waals surface area contributed by atoms with Crippen molar-refractivity contribution in [1.82, 2.24) is 25.0 Å². The Labute approximate surface area is 159 Å². The van der Waals surface area contributed by atoms with E-state index < -0.39 is 0 Å². The fourth-order valence-electron chi connectivity index (χ4n) is 3.24. The van der Waals surface area contributed by atoms with Gasteiger partial charge in [-0.25, -0.2) is 0 Å². The number of nitrogens with zero attached hydrogens (tertiary/aromatic N) is 4. The lowest BCUT2D eigenvalue weighted by Gasteiger charge is -2.19. The normalized spacial score (nSPS) is 14.7. The van der Waals surface area contributed by atoms with Crippen LogP contribution in [0.2, 0.25) is 0 Å². The van der Waals surface area contributed by atoms with E-state index >= 15 is 0 Å². The first-order valence-electron chi connectivity index (χ1n) is 9.19. The van der Waals surface area contributed by atoms with E-state index in [-0.39, 0.29) is 5.91 Å². The average Bonchev–Trinajstić information content (AvgIpc) is 2.93. The molecule has 1 aliphatic rings. The molecule has 0 radical (unpaired) electrons. The van der Waals surface area contributed by atoms with Gasteiger partial charge in [-0.05, 0) is 30.5 Å². The minimum atomic E-state index is 0.0147. The third-order valence-corrected chi connectivity index (χ3v) is 5.37. The molecule has 0 saturated carbocycles. The van der Waals surface area contributed by atoms with Gasteiger partial charge in [-0.15, -0.1) is 10.2 Å². The van der Waals surface area contributed by atoms with Crippen LogP contribution in [0.3, 0.4) is 0 Å². The van der Waals surface area contributed by atoms with Crippen molar-refractivity contribution in [2.24, 2.45) is 0 Å². The van der Waals surface area contributed by atoms with Crippen molar-refractivity contribution in [3.8, 4) is 0 Å². The van der Waals surface area contributed by atoms with Crippen LogP contribution in [-0.2, 0) is 30.7 Å². The number of amides is 1. The molecule has 0 saturated heterocycles. The molecule has 7 heteroatoms. The van der Waals surface area contributed by atoms with Crippen LogP contribution in [0, 0.1) is 0 Å². The Balaban J connectivity index is 1.50. The number of nitrogens with one attached hydrogen (secondary N) is 1. The lowest BCUT2D eigenvalue weighted by atomic mass is 10.1. The standard InChI is InChI=1S/C19H27N5OS/c1-26-13-5-9-23-10-8-17-21-22-18(24(17)12-11-23)15-20-19(25)14-16-6-3-2-4-7-16/h2-4,6-7H,5,8-15H2,1H3,(H,20,25). The Morgan fingerprint density at radius 1 is 1.19 bits per heavy atom. The van der Waals surface area contributed by atoms with Crippen LogP contribution in [0.15, 0.2) is 30.3 Å². The molecule has 0 atom stereocenters. The summed E-state index contributed by atoms with van der Waals surface area (Å²) in [5, 5.41) is 11.6. The molecular weight excluding hydrogens is 346 g/mol. The van der Waals surface area contributed by atoms with Crippen molar-refractivity contribution < 1.29 is 4.79 Å². The molecule has 0 spiro atoms. The quantitative estimate of drug-likeness (QED) is 0.714. The zero-order valence-corrected chi connectivity index (χ0v) is 16.2. The first-order chi connectivity index (χ1) is 12.8. The van der Waals surface area contributed by atoms with Crippen LogP contribution in [0.25, 0.3) is 0 Å². The lowest BCUT2D eigenvalue weighted by molar-refractivity contribution is -0.120. The van der Waals surface area contributed by atoms with Crippen molar-refractivity contribution in [1.29, 1.82) is 0 Å². The summed E-state index contributed by atoms with van der Waals surface area (Å²) in [5.41, 5.74) is 1.02. The van der Waals surface area contributed by atoms with Crippen molar-refractivity contribution in [3.63, 3.8) is 0 Å². The predicted octanol–water partition coefficient (Wildman–Crippen LogP) is 1.75. The van der Waals surface area contributed by atoms with Crippen LogP contribution in [0.4, 0.5) is 0 Å². The van der Waals surface area contributed by atoms with E-state index in [4.69, 9.17) is 0 Å². The summed E-state index contributed by atoms with van der Waals surface area (Å²) in [5.74, 6) is 3.11. The van der Waals surface area contributed by atoms with E-state index in [0.29, 0.717) is 13.0 Å². The van der Waals surface area contributed by atoms with E-state index in [0.717, 1.165) is 49.8 Å². The molecule has 140 valence electrons. The third kappa shape index (κ3) is 5.32. The molecule has 2 heterocycles. The highest BCUT2D eigenvalue weighted by Gasteiger charge is 2.18. The fraction of sp³-hybridized carbons (Fsp3) is 0.526. The van der Waals surface area contributed by atoms with Gasteiger partial charge in [-0.3, -0.25) is 4.79 Å². The first-order valence-corrected chi connectivity index (χ1v) is 10.6. The topological polar surface area (TPSA) is 63.1 Å². The number of rotatable bonds is 8. The number of aromatic nitrogens is 3. The van der Waals surface area contributed by atoms with E-state index in [1.165, 1.54) is 12.2 Å². The van der Waals surface area contributed by atoms with Crippen LogP contribution in [0.5, 0.6) is 0 Å². The molecule has 0 bridgehead atoms. The number of carbonyl (C=O) groups excluding carboxylic acids is 1. The lowest BCUT2D eigenvalue weighted by Crippen LogP contribution is -2.29. The Morgan fingerprint density at radius 3 is 2.85 bits per heavy atom. The summed E-state index contributed by atoms with van der Waals surface area (Å²) in [6.07, 6.45) is 4.70. The Kier molecular flexibility index (Phi) is 7.08. The maximum atomic E-state index is 12.2. The van der Waals surface area contributed by atoms with Gasteiger partial charge in [0.05, 0.1) is 13.0 Å². The van der Waals surface area contributed by atoms with Crippen molar-refractivity contribution in [2.75, 3.05) is 31.6 Å². The number of hydrogen-bond acceptors (Lipinski definition) is 5.